The van der Waals surface area contributed by atoms with Crippen LogP contribution in [0.1, 0.15) is 180 Å². The third-order valence-corrected chi connectivity index (χ3v) is 7.12. The van der Waals surface area contributed by atoms with E-state index in [0.29, 0.717) is 12.8 Å². The summed E-state index contributed by atoms with van der Waals surface area (Å²) in [5.74, 6) is 11.1. The van der Waals surface area contributed by atoms with E-state index in [1.54, 1.807) is 0 Å². The van der Waals surface area contributed by atoms with Crippen molar-refractivity contribution in [1.29, 1.82) is 0 Å². The van der Waals surface area contributed by atoms with E-state index in [2.05, 4.69) is 23.7 Å². The minimum atomic E-state index is -0.670. The molecular formula is C34H58O4. The Hall–Kier alpha value is -1.94. The molecule has 0 fully saturated rings. The molecule has 4 heteroatoms. The fraction of sp³-hybridized carbons (Fsp3) is 0.824. The quantitative estimate of drug-likeness (QED) is 0.0779. The average molecular weight is 531 g/mol. The summed E-state index contributed by atoms with van der Waals surface area (Å²) in [6.45, 7) is 0. The van der Waals surface area contributed by atoms with Crippen molar-refractivity contribution < 1.29 is 19.8 Å². The zero-order valence-electron chi connectivity index (χ0n) is 24.5. The van der Waals surface area contributed by atoms with Crippen molar-refractivity contribution >= 4 is 11.9 Å². The molecule has 0 spiro atoms. The molecule has 0 amide bonds. The number of carboxylic acids is 2. The Kier molecular flexibility index (Phi) is 29.7. The van der Waals surface area contributed by atoms with E-state index in [4.69, 9.17) is 10.2 Å². The predicted molar refractivity (Wildman–Crippen MR) is 160 cm³/mol. The van der Waals surface area contributed by atoms with Gasteiger partial charge >= 0.3 is 11.9 Å². The minimum absolute atomic E-state index is 0.322. The molecule has 0 bridgehead atoms. The number of hydrogen-bond acceptors (Lipinski definition) is 2. The topological polar surface area (TPSA) is 74.6 Å². The lowest BCUT2D eigenvalue weighted by atomic mass is 10.0. The Balaban J connectivity index is 3.22. The van der Waals surface area contributed by atoms with Gasteiger partial charge in [-0.1, -0.05) is 140 Å². The smallest absolute Gasteiger partial charge is 0.303 e. The molecular weight excluding hydrogens is 472 g/mol. The number of rotatable bonds is 28. The number of hydrogen-bond donors (Lipinski definition) is 2. The molecule has 0 radical (unpaired) electrons. The fourth-order valence-electron chi connectivity index (χ4n) is 4.73. The monoisotopic (exact) mass is 530 g/mol. The SMILES string of the molecule is O=C(O)CCCCCCCCCCCCCC#CC#CCCCCCCCCCCCCCCCC(=O)O. The van der Waals surface area contributed by atoms with Crippen LogP contribution in [0.4, 0.5) is 0 Å². The maximum atomic E-state index is 10.5. The van der Waals surface area contributed by atoms with E-state index >= 15 is 0 Å². The Morgan fingerprint density at radius 2 is 0.553 bits per heavy atom. The van der Waals surface area contributed by atoms with Crippen LogP contribution in [0.3, 0.4) is 0 Å². The maximum Gasteiger partial charge on any atom is 0.303 e. The normalized spacial score (nSPS) is 10.4. The second kappa shape index (κ2) is 31.3. The zero-order valence-corrected chi connectivity index (χ0v) is 24.5. The molecule has 0 aliphatic rings. The van der Waals surface area contributed by atoms with Crippen molar-refractivity contribution in [3.63, 3.8) is 0 Å². The molecule has 4 nitrogen and oxygen atoms in total. The van der Waals surface area contributed by atoms with Gasteiger partial charge in [0.05, 0.1) is 0 Å². The Morgan fingerprint density at radius 1 is 0.342 bits per heavy atom. The van der Waals surface area contributed by atoms with Gasteiger partial charge in [-0.05, 0) is 37.5 Å². The first kappa shape index (κ1) is 36.1. The summed E-state index contributed by atoms with van der Waals surface area (Å²) in [6.07, 6.45) is 32.1. The van der Waals surface area contributed by atoms with Crippen LogP contribution in [0.15, 0.2) is 0 Å². The van der Waals surface area contributed by atoms with E-state index in [9.17, 15) is 9.59 Å². The van der Waals surface area contributed by atoms with Crippen LogP contribution in [-0.4, -0.2) is 22.2 Å². The molecule has 0 saturated heterocycles. The predicted octanol–water partition coefficient (Wildman–Crippen LogP) is 10.1. The van der Waals surface area contributed by atoms with E-state index in [0.717, 1.165) is 38.5 Å². The lowest BCUT2D eigenvalue weighted by molar-refractivity contribution is -0.138. The van der Waals surface area contributed by atoms with Crippen molar-refractivity contribution in [3.05, 3.63) is 0 Å². The van der Waals surface area contributed by atoms with Gasteiger partial charge in [0.1, 0.15) is 0 Å². The zero-order chi connectivity index (χ0) is 27.8. The molecule has 0 aromatic rings. The van der Waals surface area contributed by atoms with Gasteiger partial charge < -0.3 is 10.2 Å². The lowest BCUT2D eigenvalue weighted by Crippen LogP contribution is -1.93. The van der Waals surface area contributed by atoms with Crippen LogP contribution in [0.2, 0.25) is 0 Å². The standard InChI is InChI=1S/C34H58O4/c35-33(36)31-29-27-25-23-21-19-17-15-13-11-9-7-5-3-1-2-4-6-8-10-12-14-16-18-20-22-24-26-28-30-32-34(37)38/h3,5,7-32H2,(H,35,36)(H,37,38). The first-order valence-electron chi connectivity index (χ1n) is 16.0. The van der Waals surface area contributed by atoms with Crippen molar-refractivity contribution in [2.45, 2.75) is 180 Å². The van der Waals surface area contributed by atoms with Gasteiger partial charge in [0.15, 0.2) is 0 Å². The van der Waals surface area contributed by atoms with E-state index in [1.807, 2.05) is 0 Å². The van der Waals surface area contributed by atoms with Crippen LogP contribution in [0, 0.1) is 23.7 Å². The second-order valence-electron chi connectivity index (χ2n) is 10.9. The largest absolute Gasteiger partial charge is 0.481 e. The Labute approximate surface area is 235 Å². The third-order valence-electron chi connectivity index (χ3n) is 7.12. The van der Waals surface area contributed by atoms with Gasteiger partial charge in [0.25, 0.3) is 0 Å². The molecule has 0 heterocycles. The summed E-state index contributed by atoms with van der Waals surface area (Å²) < 4.78 is 0. The molecule has 0 rings (SSSR count). The number of aliphatic carboxylic acids is 2. The van der Waals surface area contributed by atoms with Gasteiger partial charge in [0.2, 0.25) is 0 Å². The molecule has 0 aromatic carbocycles. The lowest BCUT2D eigenvalue weighted by Gasteiger charge is -2.02. The molecule has 0 atom stereocenters. The molecule has 0 unspecified atom stereocenters. The van der Waals surface area contributed by atoms with E-state index in [1.165, 1.54) is 128 Å². The minimum Gasteiger partial charge on any atom is -0.481 e. The van der Waals surface area contributed by atoms with Crippen LogP contribution in [0.5, 0.6) is 0 Å². The summed E-state index contributed by atoms with van der Waals surface area (Å²) in [5, 5.41) is 17.2. The van der Waals surface area contributed by atoms with E-state index in [-0.39, 0.29) is 0 Å². The fourth-order valence-corrected chi connectivity index (χ4v) is 4.73. The van der Waals surface area contributed by atoms with Gasteiger partial charge in [0, 0.05) is 25.7 Å². The molecule has 0 aliphatic carbocycles. The maximum absolute atomic E-state index is 10.5. The summed E-state index contributed by atoms with van der Waals surface area (Å²) >= 11 is 0. The summed E-state index contributed by atoms with van der Waals surface area (Å²) in [6, 6.07) is 0. The molecule has 218 valence electrons. The third kappa shape index (κ3) is 34.1. The first-order valence-corrected chi connectivity index (χ1v) is 16.0. The van der Waals surface area contributed by atoms with Crippen LogP contribution in [0.25, 0.3) is 0 Å². The molecule has 0 aliphatic heterocycles. The molecule has 2 N–H and O–H groups in total. The average Bonchev–Trinajstić information content (AvgIpc) is 2.89. The van der Waals surface area contributed by atoms with Crippen molar-refractivity contribution in [2.24, 2.45) is 0 Å². The first-order chi connectivity index (χ1) is 18.6. The molecule has 0 saturated carbocycles. The van der Waals surface area contributed by atoms with Crippen molar-refractivity contribution in [3.8, 4) is 23.7 Å². The highest BCUT2D eigenvalue weighted by molar-refractivity contribution is 5.66. The highest BCUT2D eigenvalue weighted by atomic mass is 16.4. The number of carbonyl (C=O) groups is 2. The van der Waals surface area contributed by atoms with Crippen LogP contribution < -0.4 is 0 Å². The summed E-state index contributed by atoms with van der Waals surface area (Å²) in [7, 11) is 0. The van der Waals surface area contributed by atoms with Crippen molar-refractivity contribution in [2.75, 3.05) is 0 Å². The van der Waals surface area contributed by atoms with Gasteiger partial charge in [-0.2, -0.15) is 0 Å². The van der Waals surface area contributed by atoms with Crippen molar-refractivity contribution in [1.82, 2.24) is 0 Å². The highest BCUT2D eigenvalue weighted by Gasteiger charge is 1.98. The molecule has 0 aromatic heterocycles. The van der Waals surface area contributed by atoms with Gasteiger partial charge in [-0.15, -0.1) is 0 Å². The van der Waals surface area contributed by atoms with Gasteiger partial charge in [-0.25, -0.2) is 0 Å². The number of unbranched alkanes of at least 4 members (excludes halogenated alkanes) is 24. The Morgan fingerprint density at radius 3 is 0.789 bits per heavy atom. The Bertz CT molecular complexity index is 661. The van der Waals surface area contributed by atoms with Crippen LogP contribution in [-0.2, 0) is 9.59 Å². The second-order valence-corrected chi connectivity index (χ2v) is 10.9. The highest BCUT2D eigenvalue weighted by Crippen LogP contribution is 2.14. The molecule has 38 heavy (non-hydrogen) atoms. The van der Waals surface area contributed by atoms with E-state index < -0.39 is 11.9 Å². The van der Waals surface area contributed by atoms with Crippen LogP contribution >= 0.6 is 0 Å². The summed E-state index contributed by atoms with van der Waals surface area (Å²) in [5.41, 5.74) is 0. The summed E-state index contributed by atoms with van der Waals surface area (Å²) in [4.78, 5) is 20.9. The van der Waals surface area contributed by atoms with Gasteiger partial charge in [-0.3, -0.25) is 9.59 Å². The number of carboxylic acid groups (broad SMARTS) is 2.